The van der Waals surface area contributed by atoms with Crippen molar-refractivity contribution in [3.8, 4) is 0 Å². The maximum absolute atomic E-state index is 5.04. The van der Waals surface area contributed by atoms with E-state index in [-0.39, 0.29) is 0 Å². The number of hydrogen-bond donors (Lipinski definition) is 0. The zero-order valence-electron chi connectivity index (χ0n) is 17.2. The van der Waals surface area contributed by atoms with Crippen molar-refractivity contribution in [3.63, 3.8) is 0 Å². The number of nitrogens with zero attached hydrogens (tertiary/aromatic N) is 2. The van der Waals surface area contributed by atoms with Gasteiger partial charge < -0.3 is 4.57 Å². The molecular formula is C29H22N2. The molecule has 0 radical (unpaired) electrons. The molecule has 0 spiro atoms. The molecule has 2 nitrogen and oxygen atoms in total. The van der Waals surface area contributed by atoms with Crippen LogP contribution in [-0.2, 0) is 13.0 Å². The van der Waals surface area contributed by atoms with Crippen molar-refractivity contribution in [3.05, 3.63) is 126 Å². The molecule has 0 saturated carbocycles. The molecule has 0 amide bonds. The van der Waals surface area contributed by atoms with Crippen LogP contribution in [0.4, 0.5) is 0 Å². The Morgan fingerprint density at radius 2 is 1.35 bits per heavy atom. The molecule has 1 heterocycles. The number of benzene rings is 5. The minimum atomic E-state index is 0.809. The Labute approximate surface area is 181 Å². The highest BCUT2D eigenvalue weighted by molar-refractivity contribution is 5.86. The first kappa shape index (κ1) is 17.9. The van der Waals surface area contributed by atoms with Crippen LogP contribution in [-0.4, -0.2) is 9.55 Å². The summed E-state index contributed by atoms with van der Waals surface area (Å²) in [5, 5.41) is 5.13. The van der Waals surface area contributed by atoms with E-state index in [0.29, 0.717) is 0 Å². The van der Waals surface area contributed by atoms with Crippen molar-refractivity contribution in [2.75, 3.05) is 0 Å². The summed E-state index contributed by atoms with van der Waals surface area (Å²) in [5.74, 6) is 1.10. The smallest absolute Gasteiger partial charge is 0.114 e. The van der Waals surface area contributed by atoms with Crippen LogP contribution in [0.15, 0.2) is 109 Å². The van der Waals surface area contributed by atoms with Crippen LogP contribution < -0.4 is 0 Å². The van der Waals surface area contributed by atoms with E-state index in [9.17, 15) is 0 Å². The minimum Gasteiger partial charge on any atom is -0.323 e. The summed E-state index contributed by atoms with van der Waals surface area (Å²) < 4.78 is 2.38. The van der Waals surface area contributed by atoms with Crippen molar-refractivity contribution in [2.45, 2.75) is 13.0 Å². The van der Waals surface area contributed by atoms with Gasteiger partial charge in [-0.15, -0.1) is 0 Å². The van der Waals surface area contributed by atoms with Crippen molar-refractivity contribution < 1.29 is 0 Å². The lowest BCUT2D eigenvalue weighted by Crippen LogP contribution is -2.06. The lowest BCUT2D eigenvalue weighted by Gasteiger charge is -2.12. The second kappa shape index (κ2) is 7.41. The Balaban J connectivity index is 1.46. The fourth-order valence-corrected chi connectivity index (χ4v) is 4.57. The summed E-state index contributed by atoms with van der Waals surface area (Å²) in [4.78, 5) is 5.04. The number of aromatic nitrogens is 2. The molecule has 0 atom stereocenters. The first-order chi connectivity index (χ1) is 15.3. The molecule has 0 bridgehead atoms. The summed E-state index contributed by atoms with van der Waals surface area (Å²) in [6, 6.07) is 38.9. The van der Waals surface area contributed by atoms with E-state index in [0.717, 1.165) is 24.3 Å². The van der Waals surface area contributed by atoms with Gasteiger partial charge in [-0.25, -0.2) is 4.98 Å². The Morgan fingerprint density at radius 1 is 0.613 bits per heavy atom. The molecule has 0 unspecified atom stereocenters. The van der Waals surface area contributed by atoms with Gasteiger partial charge in [0.15, 0.2) is 0 Å². The average molecular weight is 399 g/mol. The summed E-state index contributed by atoms with van der Waals surface area (Å²) in [6.07, 6.45) is 0.809. The van der Waals surface area contributed by atoms with E-state index >= 15 is 0 Å². The topological polar surface area (TPSA) is 17.8 Å². The number of rotatable bonds is 4. The molecule has 6 aromatic rings. The predicted octanol–water partition coefficient (Wildman–Crippen LogP) is 6.98. The molecule has 0 N–H and O–H groups in total. The molecule has 5 aromatic carbocycles. The molecule has 1 aromatic heterocycles. The molecular weight excluding hydrogens is 376 g/mol. The molecule has 148 valence electrons. The molecule has 2 heteroatoms. The lowest BCUT2D eigenvalue weighted by atomic mass is 10.0. The fraction of sp³-hybridized carbons (Fsp3) is 0.0690. The molecule has 31 heavy (non-hydrogen) atoms. The molecule has 6 rings (SSSR count). The van der Waals surface area contributed by atoms with Gasteiger partial charge in [0.25, 0.3) is 0 Å². The monoisotopic (exact) mass is 398 g/mol. The first-order valence-electron chi connectivity index (χ1n) is 10.7. The van der Waals surface area contributed by atoms with E-state index in [1.54, 1.807) is 0 Å². The summed E-state index contributed by atoms with van der Waals surface area (Å²) in [5.41, 5.74) is 4.85. The number of fused-ring (bicyclic) bond motifs is 3. The van der Waals surface area contributed by atoms with Gasteiger partial charge in [0, 0.05) is 13.0 Å². The maximum Gasteiger partial charge on any atom is 0.114 e. The fourth-order valence-electron chi connectivity index (χ4n) is 4.57. The number of para-hydroxylation sites is 2. The molecule has 0 saturated heterocycles. The normalized spacial score (nSPS) is 11.5. The average Bonchev–Trinajstić information content (AvgIpc) is 3.16. The second-order valence-electron chi connectivity index (χ2n) is 8.10. The Kier molecular flexibility index (Phi) is 4.28. The van der Waals surface area contributed by atoms with Crippen LogP contribution in [0.3, 0.4) is 0 Å². The van der Waals surface area contributed by atoms with E-state index in [1.807, 2.05) is 0 Å². The zero-order valence-corrected chi connectivity index (χ0v) is 17.2. The van der Waals surface area contributed by atoms with Gasteiger partial charge in [-0.2, -0.15) is 0 Å². The highest BCUT2D eigenvalue weighted by atomic mass is 15.1. The third kappa shape index (κ3) is 3.27. The molecule has 0 aliphatic carbocycles. The van der Waals surface area contributed by atoms with Crippen LogP contribution >= 0.6 is 0 Å². The van der Waals surface area contributed by atoms with Crippen molar-refractivity contribution in [1.29, 1.82) is 0 Å². The highest BCUT2D eigenvalue weighted by Gasteiger charge is 2.13. The Bertz CT molecular complexity index is 1540. The molecule has 0 aliphatic heterocycles. The first-order valence-corrected chi connectivity index (χ1v) is 10.7. The van der Waals surface area contributed by atoms with Gasteiger partial charge >= 0.3 is 0 Å². The summed E-state index contributed by atoms with van der Waals surface area (Å²) >= 11 is 0. The third-order valence-electron chi connectivity index (χ3n) is 6.12. The van der Waals surface area contributed by atoms with Gasteiger partial charge in [0.05, 0.1) is 11.0 Å². The summed E-state index contributed by atoms with van der Waals surface area (Å²) in [7, 11) is 0. The Morgan fingerprint density at radius 3 is 2.29 bits per heavy atom. The standard InChI is InChI=1S/C29H22N2/c1-2-10-24-18-21(16-17-22(24)8-1)20-31-28-15-6-5-14-27(28)30-29(31)19-25-12-7-11-23-9-3-4-13-26(23)25/h1-18H,19-20H2. The quantitative estimate of drug-likeness (QED) is 0.313. The third-order valence-corrected chi connectivity index (χ3v) is 6.12. The minimum absolute atomic E-state index is 0.809. The van der Waals surface area contributed by atoms with E-state index in [1.165, 1.54) is 38.2 Å². The molecule has 0 fully saturated rings. The van der Waals surface area contributed by atoms with Gasteiger partial charge in [0.1, 0.15) is 5.82 Å². The van der Waals surface area contributed by atoms with Gasteiger partial charge in [-0.1, -0.05) is 91.0 Å². The van der Waals surface area contributed by atoms with Crippen LogP contribution in [0.25, 0.3) is 32.6 Å². The summed E-state index contributed by atoms with van der Waals surface area (Å²) in [6.45, 7) is 0.811. The van der Waals surface area contributed by atoms with Crippen molar-refractivity contribution >= 4 is 32.6 Å². The van der Waals surface area contributed by atoms with E-state index in [2.05, 4.69) is 114 Å². The van der Waals surface area contributed by atoms with Crippen molar-refractivity contribution in [2.24, 2.45) is 0 Å². The van der Waals surface area contributed by atoms with Gasteiger partial charge in [-0.05, 0) is 50.9 Å². The van der Waals surface area contributed by atoms with Crippen LogP contribution in [0.1, 0.15) is 17.0 Å². The van der Waals surface area contributed by atoms with Crippen LogP contribution in [0.2, 0.25) is 0 Å². The SMILES string of the molecule is c1ccc2cc(Cn3c(Cc4cccc5ccccc45)nc4ccccc43)ccc2c1. The lowest BCUT2D eigenvalue weighted by molar-refractivity contribution is 0.764. The Hall–Kier alpha value is -3.91. The second-order valence-corrected chi connectivity index (χ2v) is 8.10. The number of hydrogen-bond acceptors (Lipinski definition) is 1. The van der Waals surface area contributed by atoms with Crippen molar-refractivity contribution in [1.82, 2.24) is 9.55 Å². The van der Waals surface area contributed by atoms with E-state index < -0.39 is 0 Å². The highest BCUT2D eigenvalue weighted by Crippen LogP contribution is 2.25. The predicted molar refractivity (Wildman–Crippen MR) is 130 cm³/mol. The maximum atomic E-state index is 5.04. The van der Waals surface area contributed by atoms with Crippen LogP contribution in [0, 0.1) is 0 Å². The molecule has 0 aliphatic rings. The van der Waals surface area contributed by atoms with Gasteiger partial charge in [-0.3, -0.25) is 0 Å². The van der Waals surface area contributed by atoms with Crippen LogP contribution in [0.5, 0.6) is 0 Å². The van der Waals surface area contributed by atoms with Gasteiger partial charge in [0.2, 0.25) is 0 Å². The number of imidazole rings is 1. The van der Waals surface area contributed by atoms with E-state index in [4.69, 9.17) is 4.98 Å². The largest absolute Gasteiger partial charge is 0.323 e. The zero-order chi connectivity index (χ0) is 20.6.